The number of hydrogen-bond acceptors (Lipinski definition) is 6. The molecule has 0 atom stereocenters. The molecule has 1 aromatic heterocycles. The second-order valence-corrected chi connectivity index (χ2v) is 7.80. The lowest BCUT2D eigenvalue weighted by molar-refractivity contribution is -0.0701. The Balaban J connectivity index is 2.75. The molecule has 0 unspecified atom stereocenters. The quantitative estimate of drug-likeness (QED) is 0.481. The zero-order valence-corrected chi connectivity index (χ0v) is 15.1. The molecule has 4 N–H and O–H groups in total. The maximum absolute atomic E-state index is 12.0. The van der Waals surface area contributed by atoms with E-state index >= 15 is 0 Å². The zero-order chi connectivity index (χ0) is 17.8. The maximum atomic E-state index is 12.0. The lowest BCUT2D eigenvalue weighted by Crippen LogP contribution is -2.44. The summed E-state index contributed by atoms with van der Waals surface area (Å²) < 4.78 is 23.0. The highest BCUT2D eigenvalue weighted by Gasteiger charge is 2.53. The molecule has 0 aliphatic rings. The van der Waals surface area contributed by atoms with Crippen LogP contribution in [-0.2, 0) is 9.30 Å². The van der Waals surface area contributed by atoms with E-state index in [-0.39, 0.29) is 31.0 Å². The van der Waals surface area contributed by atoms with E-state index < -0.39 is 12.9 Å². The summed E-state index contributed by atoms with van der Waals surface area (Å²) in [5.74, 6) is -0.315. The van der Waals surface area contributed by atoms with Crippen molar-refractivity contribution < 1.29 is 23.8 Å². The van der Waals surface area contributed by atoms with Gasteiger partial charge in [0, 0.05) is 11.8 Å². The molecular formula is C14H26N3O5P. The number of hydrogen-bond donors (Lipinski definition) is 3. The van der Waals surface area contributed by atoms with E-state index in [4.69, 9.17) is 15.2 Å². The summed E-state index contributed by atoms with van der Waals surface area (Å²) in [6.07, 6.45) is 0. The lowest BCUT2D eigenvalue weighted by Gasteiger charge is -2.41. The number of nitrogen functional groups attached to an aromatic ring is 1. The highest BCUT2D eigenvalue weighted by atomic mass is 31.2. The van der Waals surface area contributed by atoms with Gasteiger partial charge in [0.25, 0.3) is 0 Å². The molecule has 9 heteroatoms. The summed E-state index contributed by atoms with van der Waals surface area (Å²) in [4.78, 5) is 27.4. The molecule has 132 valence electrons. The second-order valence-electron chi connectivity index (χ2n) is 6.01. The van der Waals surface area contributed by atoms with Gasteiger partial charge in [0.2, 0.25) is 11.8 Å². The first-order valence-electron chi connectivity index (χ1n) is 7.44. The van der Waals surface area contributed by atoms with Crippen molar-refractivity contribution in [2.75, 3.05) is 18.9 Å². The summed E-state index contributed by atoms with van der Waals surface area (Å²) >= 11 is 0. The summed E-state index contributed by atoms with van der Waals surface area (Å²) in [5, 5.41) is -1.54. The summed E-state index contributed by atoms with van der Waals surface area (Å²) in [5.41, 5.74) is 6.20. The first-order chi connectivity index (χ1) is 10.5. The fraction of sp³-hybridized carbons (Fsp3) is 0.714. The minimum atomic E-state index is -4.47. The van der Waals surface area contributed by atoms with Crippen LogP contribution in [0.2, 0.25) is 0 Å². The Morgan fingerprint density at radius 3 is 2.22 bits per heavy atom. The van der Waals surface area contributed by atoms with Gasteiger partial charge < -0.3 is 25.0 Å². The van der Waals surface area contributed by atoms with Gasteiger partial charge in [0.15, 0.2) is 5.34 Å². The minimum absolute atomic E-state index is 0.0183. The van der Waals surface area contributed by atoms with Gasteiger partial charge in [0.05, 0.1) is 6.61 Å². The third kappa shape index (κ3) is 4.64. The molecule has 0 bridgehead atoms. The molecule has 1 heterocycles. The van der Waals surface area contributed by atoms with Crippen molar-refractivity contribution in [3.05, 3.63) is 11.8 Å². The van der Waals surface area contributed by atoms with E-state index in [2.05, 4.69) is 9.97 Å². The predicted molar refractivity (Wildman–Crippen MR) is 87.1 cm³/mol. The predicted octanol–water partition coefficient (Wildman–Crippen LogP) is 1.95. The first-order valence-corrected chi connectivity index (χ1v) is 9.05. The lowest BCUT2D eigenvalue weighted by atomic mass is 9.95. The van der Waals surface area contributed by atoms with Gasteiger partial charge in [-0.3, -0.25) is 4.57 Å². The third-order valence-corrected chi connectivity index (χ3v) is 5.70. The van der Waals surface area contributed by atoms with Gasteiger partial charge in [-0.25, -0.2) is 4.98 Å². The van der Waals surface area contributed by atoms with Gasteiger partial charge in [-0.05, 0) is 18.8 Å². The van der Waals surface area contributed by atoms with Crippen LogP contribution in [0, 0.1) is 18.8 Å². The van der Waals surface area contributed by atoms with Gasteiger partial charge in [-0.2, -0.15) is 4.98 Å². The van der Waals surface area contributed by atoms with E-state index in [0.717, 1.165) is 0 Å². The Morgan fingerprint density at radius 2 is 1.78 bits per heavy atom. The van der Waals surface area contributed by atoms with Crippen molar-refractivity contribution in [1.82, 2.24) is 9.97 Å². The summed E-state index contributed by atoms with van der Waals surface area (Å²) in [7, 11) is -4.47. The van der Waals surface area contributed by atoms with Crippen molar-refractivity contribution in [2.24, 2.45) is 11.8 Å². The smallest absolute Gasteiger partial charge is 0.357 e. The van der Waals surface area contributed by atoms with E-state index in [1.54, 1.807) is 40.7 Å². The highest BCUT2D eigenvalue weighted by Crippen LogP contribution is 2.59. The van der Waals surface area contributed by atoms with E-state index in [9.17, 15) is 14.4 Å². The van der Waals surface area contributed by atoms with Crippen molar-refractivity contribution in [3.63, 3.8) is 0 Å². The fourth-order valence-corrected chi connectivity index (χ4v) is 4.35. The van der Waals surface area contributed by atoms with Crippen LogP contribution in [0.5, 0.6) is 5.88 Å². The van der Waals surface area contributed by atoms with Crippen molar-refractivity contribution in [1.29, 1.82) is 0 Å². The van der Waals surface area contributed by atoms with Gasteiger partial charge in [-0.1, -0.05) is 27.7 Å². The van der Waals surface area contributed by atoms with Gasteiger partial charge in [0.1, 0.15) is 6.61 Å². The number of ether oxygens (including phenoxy) is 2. The topological polar surface area (TPSA) is 128 Å². The van der Waals surface area contributed by atoms with Crippen LogP contribution in [-0.4, -0.2) is 38.3 Å². The van der Waals surface area contributed by atoms with Crippen molar-refractivity contribution in [3.8, 4) is 5.88 Å². The maximum Gasteiger partial charge on any atom is 0.357 e. The van der Waals surface area contributed by atoms with Crippen LogP contribution in [0.4, 0.5) is 5.95 Å². The molecule has 8 nitrogen and oxygen atoms in total. The Hall–Kier alpha value is -1.21. The largest absolute Gasteiger partial charge is 0.475 e. The Labute approximate surface area is 136 Å². The molecule has 0 aliphatic heterocycles. The number of nitrogens with zero attached hydrogens (tertiary/aromatic N) is 2. The van der Waals surface area contributed by atoms with Crippen molar-refractivity contribution in [2.45, 2.75) is 40.0 Å². The van der Waals surface area contributed by atoms with Crippen LogP contribution in [0.1, 0.15) is 33.4 Å². The van der Waals surface area contributed by atoms with Crippen LogP contribution >= 0.6 is 7.60 Å². The van der Waals surface area contributed by atoms with Crippen LogP contribution < -0.4 is 10.5 Å². The van der Waals surface area contributed by atoms with E-state index in [0.29, 0.717) is 11.6 Å². The van der Waals surface area contributed by atoms with Crippen LogP contribution in [0.25, 0.3) is 0 Å². The first kappa shape index (κ1) is 19.8. The highest BCUT2D eigenvalue weighted by molar-refractivity contribution is 7.53. The summed E-state index contributed by atoms with van der Waals surface area (Å²) in [6.45, 7) is 8.80. The molecule has 0 fully saturated rings. The minimum Gasteiger partial charge on any atom is -0.475 e. The SMILES string of the molecule is Cc1cc(OCCOC(C(C)C)(C(C)C)P(=O)(O)O)nc(N)n1. The third-order valence-electron chi connectivity index (χ3n) is 3.62. The van der Waals surface area contributed by atoms with Gasteiger partial charge in [-0.15, -0.1) is 0 Å². The molecule has 23 heavy (non-hydrogen) atoms. The van der Waals surface area contributed by atoms with Crippen LogP contribution in [0.15, 0.2) is 6.07 Å². The average Bonchev–Trinajstić information content (AvgIpc) is 2.34. The Kier molecular flexibility index (Phi) is 6.53. The molecule has 0 spiro atoms. The van der Waals surface area contributed by atoms with Crippen LogP contribution in [0.3, 0.4) is 0 Å². The van der Waals surface area contributed by atoms with E-state index in [1.165, 1.54) is 0 Å². The van der Waals surface area contributed by atoms with E-state index in [1.807, 2.05) is 0 Å². The molecule has 0 saturated carbocycles. The van der Waals surface area contributed by atoms with Gasteiger partial charge >= 0.3 is 7.60 Å². The standard InChI is InChI=1S/C14H26N3O5P/c1-9(2)14(10(3)4,23(18,19)20)22-7-6-21-12-8-11(5)16-13(15)17-12/h8-10H,6-7H2,1-5H3,(H2,15,16,17)(H2,18,19,20). The molecule has 0 saturated heterocycles. The molecule has 1 aromatic rings. The fourth-order valence-electron chi connectivity index (χ4n) is 2.74. The Bertz CT molecular complexity index is 545. The molecule has 0 radical (unpaired) electrons. The number of aryl methyl sites for hydroxylation is 1. The molecule has 1 rings (SSSR count). The van der Waals surface area contributed by atoms with Crippen molar-refractivity contribution >= 4 is 13.5 Å². The number of nitrogens with two attached hydrogens (primary N) is 1. The molecule has 0 amide bonds. The Morgan fingerprint density at radius 1 is 1.22 bits per heavy atom. The molecular weight excluding hydrogens is 321 g/mol. The second kappa shape index (κ2) is 7.57. The number of aromatic nitrogens is 2. The summed E-state index contributed by atoms with van der Waals surface area (Å²) in [6, 6.07) is 1.62. The normalized spacial score (nSPS) is 12.9. The number of rotatable bonds is 8. The zero-order valence-electron chi connectivity index (χ0n) is 14.2. The average molecular weight is 347 g/mol. The molecule has 0 aliphatic carbocycles. The monoisotopic (exact) mass is 347 g/mol. The number of anilines is 1. The molecule has 0 aromatic carbocycles.